The molecule has 0 bridgehead atoms. The second-order valence-corrected chi connectivity index (χ2v) is 7.65. The Morgan fingerprint density at radius 2 is 1.81 bits per heavy atom. The molecule has 144 valence electrons. The number of hydrogen-bond donors (Lipinski definition) is 1. The molecule has 3 rings (SSSR count). The highest BCUT2D eigenvalue weighted by Crippen LogP contribution is 2.57. The first-order valence-electron chi connectivity index (χ1n) is 8.89. The highest BCUT2D eigenvalue weighted by Gasteiger charge is 2.46. The fourth-order valence-electron chi connectivity index (χ4n) is 3.28. The number of aromatic amines is 1. The van der Waals surface area contributed by atoms with Crippen molar-refractivity contribution in [1.82, 2.24) is 9.97 Å². The third kappa shape index (κ3) is 4.23. The van der Waals surface area contributed by atoms with E-state index in [9.17, 15) is 18.4 Å². The van der Waals surface area contributed by atoms with E-state index in [-0.39, 0.29) is 40.4 Å². The van der Waals surface area contributed by atoms with Crippen LogP contribution in [0.5, 0.6) is 0 Å². The minimum Gasteiger partial charge on any atom is -0.348 e. The molecule has 1 aromatic carbocycles. The molecule has 2 aromatic rings. The zero-order valence-electron chi connectivity index (χ0n) is 15.6. The van der Waals surface area contributed by atoms with Crippen LogP contribution in [-0.2, 0) is 0 Å². The van der Waals surface area contributed by atoms with Gasteiger partial charge in [0.2, 0.25) is 5.95 Å². The van der Waals surface area contributed by atoms with Gasteiger partial charge >= 0.3 is 0 Å². The molecule has 0 unspecified atom stereocenters. The van der Waals surface area contributed by atoms with Gasteiger partial charge in [0.25, 0.3) is 12.0 Å². The molecule has 7 heteroatoms. The predicted octanol–water partition coefficient (Wildman–Crippen LogP) is 3.93. The van der Waals surface area contributed by atoms with E-state index < -0.39 is 6.43 Å². The van der Waals surface area contributed by atoms with E-state index in [4.69, 9.17) is 0 Å². The Balaban J connectivity index is 1.88. The van der Waals surface area contributed by atoms with Gasteiger partial charge in [-0.3, -0.25) is 14.6 Å². The number of nitrogens with zero attached hydrogens (tertiary/aromatic N) is 2. The average molecular weight is 375 g/mol. The van der Waals surface area contributed by atoms with Crippen LogP contribution in [0.2, 0.25) is 0 Å². The second kappa shape index (κ2) is 7.21. The van der Waals surface area contributed by atoms with E-state index >= 15 is 0 Å². The average Bonchev–Trinajstić information content (AvgIpc) is 3.37. The van der Waals surface area contributed by atoms with Crippen molar-refractivity contribution in [2.45, 2.75) is 38.5 Å². The Morgan fingerprint density at radius 1 is 1.22 bits per heavy atom. The highest BCUT2D eigenvalue weighted by molar-refractivity contribution is 5.95. The monoisotopic (exact) mass is 375 g/mol. The molecule has 1 aliphatic carbocycles. The van der Waals surface area contributed by atoms with Crippen molar-refractivity contribution in [3.05, 3.63) is 57.5 Å². The Morgan fingerprint density at radius 3 is 2.33 bits per heavy atom. The van der Waals surface area contributed by atoms with Crippen molar-refractivity contribution in [1.29, 1.82) is 0 Å². The summed E-state index contributed by atoms with van der Waals surface area (Å²) in [6, 6.07) is 7.40. The minimum absolute atomic E-state index is 0.0309. The molecule has 0 amide bonds. The lowest BCUT2D eigenvalue weighted by Gasteiger charge is -2.24. The van der Waals surface area contributed by atoms with Gasteiger partial charge in [-0.15, -0.1) is 0 Å². The van der Waals surface area contributed by atoms with E-state index in [0.29, 0.717) is 5.95 Å². The normalized spacial score (nSPS) is 16.2. The molecule has 1 aliphatic rings. The molecule has 1 saturated carbocycles. The second-order valence-electron chi connectivity index (χ2n) is 7.65. The number of rotatable bonds is 7. The fourth-order valence-corrected chi connectivity index (χ4v) is 3.28. The Kier molecular flexibility index (Phi) is 5.13. The third-order valence-electron chi connectivity index (χ3n) is 5.30. The number of Topliss-reactive ketones (excluding diaryl/α,β-unsaturated/α-hetero) is 1. The highest BCUT2D eigenvalue weighted by atomic mass is 19.3. The fraction of sp³-hybridized carbons (Fsp3) is 0.450. The Labute approximate surface area is 156 Å². The summed E-state index contributed by atoms with van der Waals surface area (Å²) >= 11 is 0. The minimum atomic E-state index is -2.51. The summed E-state index contributed by atoms with van der Waals surface area (Å²) in [6.07, 6.45) is -0.366. The van der Waals surface area contributed by atoms with Gasteiger partial charge in [0, 0.05) is 32.1 Å². The maximum absolute atomic E-state index is 12.9. The van der Waals surface area contributed by atoms with Crippen LogP contribution in [0.25, 0.3) is 0 Å². The van der Waals surface area contributed by atoms with Gasteiger partial charge in [0.1, 0.15) is 5.69 Å². The molecule has 1 N–H and O–H groups in total. The molecule has 0 radical (unpaired) electrons. The van der Waals surface area contributed by atoms with Crippen LogP contribution < -0.4 is 10.5 Å². The summed E-state index contributed by atoms with van der Waals surface area (Å²) in [5, 5.41) is 0. The van der Waals surface area contributed by atoms with Gasteiger partial charge in [-0.05, 0) is 29.7 Å². The van der Waals surface area contributed by atoms with Crippen molar-refractivity contribution in [2.24, 2.45) is 5.41 Å². The summed E-state index contributed by atoms with van der Waals surface area (Å²) in [4.78, 5) is 33.1. The first-order valence-corrected chi connectivity index (χ1v) is 8.89. The number of aromatic nitrogens is 2. The lowest BCUT2D eigenvalue weighted by Crippen LogP contribution is -2.22. The van der Waals surface area contributed by atoms with Crippen LogP contribution in [-0.4, -0.2) is 29.8 Å². The quantitative estimate of drug-likeness (QED) is 0.745. The zero-order chi connectivity index (χ0) is 19.8. The first kappa shape index (κ1) is 19.2. The number of carbonyl (C=O) groups is 1. The van der Waals surface area contributed by atoms with Crippen LogP contribution in [0.15, 0.2) is 35.1 Å². The number of hydrogen-bond acceptors (Lipinski definition) is 4. The molecule has 0 saturated heterocycles. The van der Waals surface area contributed by atoms with Gasteiger partial charge in [-0.2, -0.15) is 0 Å². The topological polar surface area (TPSA) is 66.1 Å². The molecule has 1 aromatic heterocycles. The van der Waals surface area contributed by atoms with Crippen LogP contribution in [0.3, 0.4) is 0 Å². The number of nitrogens with one attached hydrogen (secondary N) is 1. The standard InChI is InChI=1S/C20H23F2N3O2/c1-20(8-9-20)14(12-4-6-13(7-5-12)18(21)22)10-16(26)15-11-17(27)24-19(23-15)25(2)3/h4-7,11,14,18H,8-10H2,1-3H3,(H,23,24,27)/t14-/m0/s1. The molecule has 1 atom stereocenters. The van der Waals surface area contributed by atoms with Crippen molar-refractivity contribution < 1.29 is 13.6 Å². The van der Waals surface area contributed by atoms with E-state index in [1.54, 1.807) is 31.1 Å². The smallest absolute Gasteiger partial charge is 0.263 e. The molecule has 27 heavy (non-hydrogen) atoms. The summed E-state index contributed by atoms with van der Waals surface area (Å²) in [6.45, 7) is 2.10. The number of benzene rings is 1. The maximum Gasteiger partial charge on any atom is 0.263 e. The molecule has 1 fully saturated rings. The van der Waals surface area contributed by atoms with Crippen LogP contribution in [0.4, 0.5) is 14.7 Å². The maximum atomic E-state index is 12.9. The molecule has 0 aliphatic heterocycles. The molecule has 5 nitrogen and oxygen atoms in total. The summed E-state index contributed by atoms with van der Waals surface area (Å²) in [5.74, 6) is 0.00203. The molecular weight excluding hydrogens is 352 g/mol. The molecule has 1 heterocycles. The van der Waals surface area contributed by atoms with Crippen molar-refractivity contribution in [3.63, 3.8) is 0 Å². The van der Waals surface area contributed by atoms with Gasteiger partial charge in [-0.1, -0.05) is 31.2 Å². The predicted molar refractivity (Wildman–Crippen MR) is 99.6 cm³/mol. The van der Waals surface area contributed by atoms with Crippen molar-refractivity contribution >= 4 is 11.7 Å². The number of ketones is 1. The van der Waals surface area contributed by atoms with Gasteiger partial charge < -0.3 is 4.90 Å². The van der Waals surface area contributed by atoms with Crippen molar-refractivity contribution in [2.75, 3.05) is 19.0 Å². The summed E-state index contributed by atoms with van der Waals surface area (Å²) in [7, 11) is 3.45. The lowest BCUT2D eigenvalue weighted by atomic mass is 9.80. The number of carbonyl (C=O) groups excluding carboxylic acids is 1. The number of H-pyrrole nitrogens is 1. The van der Waals surface area contributed by atoms with E-state index in [0.717, 1.165) is 18.4 Å². The van der Waals surface area contributed by atoms with E-state index in [1.165, 1.54) is 18.2 Å². The van der Waals surface area contributed by atoms with Gasteiger partial charge in [0.05, 0.1) is 0 Å². The van der Waals surface area contributed by atoms with E-state index in [1.807, 2.05) is 0 Å². The Bertz CT molecular complexity index is 887. The van der Waals surface area contributed by atoms with Crippen LogP contribution >= 0.6 is 0 Å². The molecular formula is C20H23F2N3O2. The number of halogens is 2. The number of alkyl halides is 2. The first-order chi connectivity index (χ1) is 12.7. The van der Waals surface area contributed by atoms with Crippen molar-refractivity contribution in [3.8, 4) is 0 Å². The zero-order valence-corrected chi connectivity index (χ0v) is 15.6. The largest absolute Gasteiger partial charge is 0.348 e. The van der Waals surface area contributed by atoms with E-state index in [2.05, 4.69) is 16.9 Å². The van der Waals surface area contributed by atoms with Crippen LogP contribution in [0.1, 0.15) is 60.1 Å². The SMILES string of the molecule is CN(C)c1nc(C(=O)C[C@@H](c2ccc(C(F)F)cc2)C2(C)CC2)cc(=O)[nH]1. The summed E-state index contributed by atoms with van der Waals surface area (Å²) in [5.41, 5.74) is 0.545. The van der Waals surface area contributed by atoms with Gasteiger partial charge in [-0.25, -0.2) is 13.8 Å². The Hall–Kier alpha value is -2.57. The summed E-state index contributed by atoms with van der Waals surface area (Å²) < 4.78 is 25.6. The molecule has 0 spiro atoms. The van der Waals surface area contributed by atoms with Gasteiger partial charge in [0.15, 0.2) is 5.78 Å². The number of anilines is 1. The third-order valence-corrected chi connectivity index (χ3v) is 5.30. The van der Waals surface area contributed by atoms with Crippen LogP contribution in [0, 0.1) is 5.41 Å². The lowest BCUT2D eigenvalue weighted by molar-refractivity contribution is 0.0956.